The summed E-state index contributed by atoms with van der Waals surface area (Å²) in [5.41, 5.74) is 7.44. The molecule has 0 fully saturated rings. The summed E-state index contributed by atoms with van der Waals surface area (Å²) in [7, 11) is 0. The van der Waals surface area contributed by atoms with Crippen molar-refractivity contribution in [3.05, 3.63) is 140 Å². The van der Waals surface area contributed by atoms with Crippen molar-refractivity contribution < 1.29 is 4.42 Å². The van der Waals surface area contributed by atoms with E-state index >= 15 is 0 Å². The lowest BCUT2D eigenvalue weighted by molar-refractivity contribution is 0.673. The summed E-state index contributed by atoms with van der Waals surface area (Å²) in [6.07, 6.45) is 1.93. The number of rotatable bonds is 3. The maximum Gasteiger partial charge on any atom is 0.164 e. The van der Waals surface area contributed by atoms with E-state index < -0.39 is 0 Å². The Balaban J connectivity index is 1.36. The summed E-state index contributed by atoms with van der Waals surface area (Å²) in [4.78, 5) is 10.2. The van der Waals surface area contributed by atoms with E-state index in [1.165, 1.54) is 10.8 Å². The second-order valence-corrected chi connectivity index (χ2v) is 10.7. The Labute approximate surface area is 241 Å². The van der Waals surface area contributed by atoms with Crippen LogP contribution in [0.2, 0.25) is 0 Å². The fourth-order valence-electron chi connectivity index (χ4n) is 6.28. The van der Waals surface area contributed by atoms with Crippen LogP contribution in [0.5, 0.6) is 0 Å². The smallest absolute Gasteiger partial charge is 0.164 e. The van der Waals surface area contributed by atoms with Crippen molar-refractivity contribution in [3.63, 3.8) is 0 Å². The monoisotopic (exact) mass is 537 g/mol. The van der Waals surface area contributed by atoms with Gasteiger partial charge in [-0.25, -0.2) is 9.97 Å². The quantitative estimate of drug-likeness (QED) is 0.211. The van der Waals surface area contributed by atoms with Gasteiger partial charge in [0.1, 0.15) is 16.7 Å². The summed E-state index contributed by atoms with van der Waals surface area (Å²) in [6, 6.07) is 46.3. The average molecular weight is 538 g/mol. The molecule has 4 heteroatoms. The first-order valence-electron chi connectivity index (χ1n) is 14.1. The molecule has 0 aliphatic carbocycles. The molecule has 0 aliphatic rings. The lowest BCUT2D eigenvalue weighted by Gasteiger charge is -2.09. The number of benzene rings is 6. The highest BCUT2D eigenvalue weighted by Crippen LogP contribution is 2.41. The molecule has 0 bridgehead atoms. The van der Waals surface area contributed by atoms with E-state index in [4.69, 9.17) is 14.4 Å². The van der Waals surface area contributed by atoms with E-state index in [9.17, 15) is 0 Å². The van der Waals surface area contributed by atoms with Gasteiger partial charge in [-0.05, 0) is 52.1 Å². The van der Waals surface area contributed by atoms with E-state index in [1.54, 1.807) is 0 Å². The van der Waals surface area contributed by atoms with Crippen LogP contribution in [0.1, 0.15) is 0 Å². The molecule has 0 amide bonds. The number of para-hydroxylation sites is 2. The third kappa shape index (κ3) is 3.36. The van der Waals surface area contributed by atoms with Crippen LogP contribution in [0.3, 0.4) is 0 Å². The van der Waals surface area contributed by atoms with Crippen molar-refractivity contribution >= 4 is 54.6 Å². The highest BCUT2D eigenvalue weighted by Gasteiger charge is 2.21. The Morgan fingerprint density at radius 1 is 0.548 bits per heavy atom. The molecular formula is C38H23N3O. The number of imidazole rings is 1. The van der Waals surface area contributed by atoms with Crippen LogP contribution in [-0.4, -0.2) is 14.5 Å². The predicted molar refractivity (Wildman–Crippen MR) is 172 cm³/mol. The number of aromatic nitrogens is 3. The van der Waals surface area contributed by atoms with E-state index in [1.807, 2.05) is 42.6 Å². The van der Waals surface area contributed by atoms with Crippen LogP contribution in [0.4, 0.5) is 0 Å². The van der Waals surface area contributed by atoms with Crippen LogP contribution in [0.15, 0.2) is 144 Å². The molecule has 42 heavy (non-hydrogen) atoms. The molecule has 4 nitrogen and oxygen atoms in total. The van der Waals surface area contributed by atoms with Crippen molar-refractivity contribution in [3.8, 4) is 28.2 Å². The molecule has 6 aromatic carbocycles. The van der Waals surface area contributed by atoms with Crippen molar-refractivity contribution in [2.45, 2.75) is 0 Å². The highest BCUT2D eigenvalue weighted by atomic mass is 16.3. The molecule has 0 saturated heterocycles. The van der Waals surface area contributed by atoms with E-state index in [2.05, 4.69) is 102 Å². The first-order valence-corrected chi connectivity index (χ1v) is 14.1. The zero-order chi connectivity index (χ0) is 27.6. The lowest BCUT2D eigenvalue weighted by Crippen LogP contribution is -1.98. The van der Waals surface area contributed by atoms with Crippen molar-refractivity contribution in [2.75, 3.05) is 0 Å². The van der Waals surface area contributed by atoms with Gasteiger partial charge < -0.3 is 4.42 Å². The highest BCUT2D eigenvalue weighted by molar-refractivity contribution is 6.23. The van der Waals surface area contributed by atoms with Gasteiger partial charge in [0.05, 0.1) is 5.56 Å². The maximum atomic E-state index is 6.87. The molecule has 0 saturated carbocycles. The molecule has 3 heterocycles. The molecule has 0 aliphatic heterocycles. The van der Waals surface area contributed by atoms with Gasteiger partial charge in [-0.15, -0.1) is 0 Å². The molecule has 196 valence electrons. The van der Waals surface area contributed by atoms with Gasteiger partial charge in [0, 0.05) is 33.6 Å². The molecule has 3 aromatic heterocycles. The second kappa shape index (κ2) is 8.88. The first-order chi connectivity index (χ1) is 20.8. The molecule has 0 N–H and O–H groups in total. The standard InChI is InChI=1S/C38H23N3O/c1-3-10-24(11-4-1)27-22-33-38(39-23-27)41(28-13-5-2-6-14-28)37(40-33)32-17-9-16-30-31-21-20-26-19-18-25-12-7-8-15-29(25)34(26)36(31)42-35(30)32/h1-23H. The Kier molecular flexibility index (Phi) is 4.87. The zero-order valence-corrected chi connectivity index (χ0v) is 22.5. The fraction of sp³-hybridized carbons (Fsp3) is 0. The number of nitrogens with zero attached hydrogens (tertiary/aromatic N) is 3. The molecule has 0 atom stereocenters. The van der Waals surface area contributed by atoms with Gasteiger partial charge in [0.2, 0.25) is 0 Å². The van der Waals surface area contributed by atoms with E-state index in [-0.39, 0.29) is 0 Å². The predicted octanol–water partition coefficient (Wildman–Crippen LogP) is 9.96. The van der Waals surface area contributed by atoms with Crippen molar-refractivity contribution in [2.24, 2.45) is 0 Å². The maximum absolute atomic E-state index is 6.87. The third-order valence-electron chi connectivity index (χ3n) is 8.23. The van der Waals surface area contributed by atoms with Crippen LogP contribution >= 0.6 is 0 Å². The fourth-order valence-corrected chi connectivity index (χ4v) is 6.28. The van der Waals surface area contributed by atoms with Gasteiger partial charge in [0.25, 0.3) is 0 Å². The Hall–Kier alpha value is -5.74. The largest absolute Gasteiger partial charge is 0.455 e. The third-order valence-corrected chi connectivity index (χ3v) is 8.23. The van der Waals surface area contributed by atoms with Crippen LogP contribution in [0.25, 0.3) is 82.8 Å². The number of pyridine rings is 1. The SMILES string of the molecule is c1ccc(-c2cnc3c(c2)nc(-c2cccc4c2oc2c4ccc4ccc5ccccc5c42)n3-c2ccccc2)cc1. The first kappa shape index (κ1) is 23.0. The molecule has 9 rings (SSSR count). The summed E-state index contributed by atoms with van der Waals surface area (Å²) in [6.45, 7) is 0. The summed E-state index contributed by atoms with van der Waals surface area (Å²) in [5.74, 6) is 0.799. The van der Waals surface area contributed by atoms with E-state index in [0.29, 0.717) is 0 Å². The minimum atomic E-state index is 0.799. The summed E-state index contributed by atoms with van der Waals surface area (Å²) >= 11 is 0. The van der Waals surface area contributed by atoms with Gasteiger partial charge in [-0.2, -0.15) is 0 Å². The number of hydrogen-bond donors (Lipinski definition) is 0. The molecule has 9 aromatic rings. The van der Waals surface area contributed by atoms with Crippen molar-refractivity contribution in [1.29, 1.82) is 0 Å². The van der Waals surface area contributed by atoms with Crippen LogP contribution in [0, 0.1) is 0 Å². The van der Waals surface area contributed by atoms with Gasteiger partial charge in [0.15, 0.2) is 11.5 Å². The molecular weight excluding hydrogens is 514 g/mol. The van der Waals surface area contributed by atoms with Crippen LogP contribution in [-0.2, 0) is 0 Å². The molecule has 0 spiro atoms. The van der Waals surface area contributed by atoms with Crippen LogP contribution < -0.4 is 0 Å². The average Bonchev–Trinajstić information content (AvgIpc) is 3.64. The second-order valence-electron chi connectivity index (χ2n) is 10.7. The number of furan rings is 1. The van der Waals surface area contributed by atoms with E-state index in [0.717, 1.165) is 72.1 Å². The van der Waals surface area contributed by atoms with Gasteiger partial charge in [-0.3, -0.25) is 4.57 Å². The topological polar surface area (TPSA) is 43.9 Å². The minimum absolute atomic E-state index is 0.799. The Morgan fingerprint density at radius 2 is 1.26 bits per heavy atom. The minimum Gasteiger partial charge on any atom is -0.455 e. The summed E-state index contributed by atoms with van der Waals surface area (Å²) < 4.78 is 9.00. The normalized spacial score (nSPS) is 11.8. The number of fused-ring (bicyclic) bond motifs is 8. The Bertz CT molecular complexity index is 2460. The zero-order valence-electron chi connectivity index (χ0n) is 22.5. The number of hydrogen-bond acceptors (Lipinski definition) is 3. The Morgan fingerprint density at radius 3 is 2.14 bits per heavy atom. The van der Waals surface area contributed by atoms with Gasteiger partial charge >= 0.3 is 0 Å². The van der Waals surface area contributed by atoms with Gasteiger partial charge in [-0.1, -0.05) is 103 Å². The molecule has 0 radical (unpaired) electrons. The lowest BCUT2D eigenvalue weighted by atomic mass is 9.99. The van der Waals surface area contributed by atoms with Crippen molar-refractivity contribution in [1.82, 2.24) is 14.5 Å². The summed E-state index contributed by atoms with van der Waals surface area (Å²) in [5, 5.41) is 6.86. The molecule has 0 unspecified atom stereocenters.